The van der Waals surface area contributed by atoms with Crippen LogP contribution in [0.25, 0.3) is 0 Å². The maximum Gasteiger partial charge on any atom is 0.312 e. The number of carbonyl (C=O) groups excluding carboxylic acids is 3. The first-order valence-electron chi connectivity index (χ1n) is 14.4. The van der Waals surface area contributed by atoms with Crippen LogP contribution >= 0.6 is 0 Å². The van der Waals surface area contributed by atoms with E-state index in [4.69, 9.17) is 9.47 Å². The van der Waals surface area contributed by atoms with Gasteiger partial charge in [-0.25, -0.2) is 0 Å². The second-order valence-corrected chi connectivity index (χ2v) is 11.4. The lowest BCUT2D eigenvalue weighted by molar-refractivity contribution is -0.155. The summed E-state index contributed by atoms with van der Waals surface area (Å²) in [7, 11) is 0. The Morgan fingerprint density at radius 3 is 2.46 bits per heavy atom. The van der Waals surface area contributed by atoms with Crippen LogP contribution in [-0.2, 0) is 23.9 Å². The fourth-order valence-corrected chi connectivity index (χ4v) is 7.15. The quantitative estimate of drug-likeness (QED) is 0.455. The number of nitrogens with zero attached hydrogens (tertiary/aromatic N) is 2. The number of anilines is 1. The highest BCUT2D eigenvalue weighted by Gasteiger charge is 2.72. The third-order valence-corrected chi connectivity index (χ3v) is 8.94. The first-order chi connectivity index (χ1) is 19.9. The maximum atomic E-state index is 14.8. The number of aliphatic hydroxyl groups excluding tert-OH is 1. The molecule has 6 atom stereocenters. The van der Waals surface area contributed by atoms with E-state index in [9.17, 15) is 19.5 Å². The molecule has 0 radical (unpaired) electrons. The number of para-hydroxylation sites is 1. The minimum Gasteiger partial charge on any atom is -0.465 e. The predicted molar refractivity (Wildman–Crippen MR) is 153 cm³/mol. The summed E-state index contributed by atoms with van der Waals surface area (Å²) in [5, 5.41) is 10.7. The average molecular weight is 557 g/mol. The van der Waals surface area contributed by atoms with Crippen molar-refractivity contribution < 1.29 is 29.0 Å². The number of likely N-dealkylation sites (tertiary alicyclic amines) is 1. The standard InChI is InChI=1S/C33H36N2O6/c1-21-12-10-13-22(2)28(21)34-18-11-17-33-27(26-25(41-33)16-8-3-4-9-19-40-32(26)39)30(37)35(29(33)31(34)38)24(20-36)23-14-6-5-7-15-23/h5-8,10-17,24-27,29,36H,3-4,9,18-20H2,1-2H3/b16-8-/t24-,25+,26-,27+,29?,33+/m1/s1. The number of cyclic esters (lactones) is 1. The van der Waals surface area contributed by atoms with E-state index in [-0.39, 0.29) is 19.1 Å². The van der Waals surface area contributed by atoms with Crippen LogP contribution in [0.3, 0.4) is 0 Å². The summed E-state index contributed by atoms with van der Waals surface area (Å²) in [4.78, 5) is 46.2. The summed E-state index contributed by atoms with van der Waals surface area (Å²) in [5.74, 6) is -3.09. The Balaban J connectivity index is 1.53. The zero-order valence-electron chi connectivity index (χ0n) is 23.4. The van der Waals surface area contributed by atoms with Gasteiger partial charge in [0.1, 0.15) is 17.6 Å². The highest BCUT2D eigenvalue weighted by molar-refractivity contribution is 6.06. The van der Waals surface area contributed by atoms with Crippen molar-refractivity contribution in [3.8, 4) is 0 Å². The van der Waals surface area contributed by atoms with E-state index >= 15 is 0 Å². The second kappa shape index (κ2) is 10.9. The van der Waals surface area contributed by atoms with Crippen molar-refractivity contribution in [2.24, 2.45) is 11.8 Å². The van der Waals surface area contributed by atoms with E-state index in [2.05, 4.69) is 0 Å². The van der Waals surface area contributed by atoms with Gasteiger partial charge >= 0.3 is 5.97 Å². The van der Waals surface area contributed by atoms with Gasteiger partial charge in [-0.1, -0.05) is 72.8 Å². The van der Waals surface area contributed by atoms with Crippen LogP contribution in [0.15, 0.2) is 72.8 Å². The lowest BCUT2D eigenvalue weighted by Crippen LogP contribution is -2.56. The molecule has 2 aromatic carbocycles. The maximum absolute atomic E-state index is 14.8. The van der Waals surface area contributed by atoms with E-state index in [1.54, 1.807) is 4.90 Å². The normalized spacial score (nSPS) is 31.1. The molecule has 0 aliphatic carbocycles. The Morgan fingerprint density at radius 1 is 0.976 bits per heavy atom. The minimum atomic E-state index is -1.41. The molecule has 4 heterocycles. The summed E-state index contributed by atoms with van der Waals surface area (Å²) >= 11 is 0. The Morgan fingerprint density at radius 2 is 1.73 bits per heavy atom. The van der Waals surface area contributed by atoms with Gasteiger partial charge in [-0.2, -0.15) is 0 Å². The van der Waals surface area contributed by atoms with Gasteiger partial charge in [-0.05, 0) is 49.8 Å². The van der Waals surface area contributed by atoms with Crippen LogP contribution in [0.2, 0.25) is 0 Å². The van der Waals surface area contributed by atoms with Crippen molar-refractivity contribution >= 4 is 23.5 Å². The number of rotatable bonds is 4. The number of aryl methyl sites for hydroxylation is 2. The minimum absolute atomic E-state index is 0.273. The topological polar surface area (TPSA) is 96.4 Å². The fourth-order valence-electron chi connectivity index (χ4n) is 7.15. The van der Waals surface area contributed by atoms with Gasteiger partial charge in [0.05, 0.1) is 31.3 Å². The van der Waals surface area contributed by atoms with Crippen molar-refractivity contribution in [2.45, 2.75) is 56.9 Å². The number of benzene rings is 2. The van der Waals surface area contributed by atoms with E-state index in [0.717, 1.165) is 36.1 Å². The van der Waals surface area contributed by atoms with Crippen molar-refractivity contribution in [2.75, 3.05) is 24.7 Å². The fraction of sp³-hybridized carbons (Fsp3) is 0.424. The molecule has 4 aliphatic heterocycles. The van der Waals surface area contributed by atoms with Gasteiger partial charge in [-0.3, -0.25) is 14.4 Å². The lowest BCUT2D eigenvalue weighted by Gasteiger charge is -2.39. The number of allylic oxidation sites excluding steroid dienone is 1. The number of carbonyl (C=O) groups is 3. The molecule has 2 fully saturated rings. The van der Waals surface area contributed by atoms with Crippen LogP contribution in [-0.4, -0.2) is 65.3 Å². The van der Waals surface area contributed by atoms with Gasteiger partial charge in [-0.15, -0.1) is 0 Å². The first kappa shape index (κ1) is 27.4. The first-order valence-corrected chi connectivity index (χ1v) is 14.4. The molecule has 214 valence electrons. The van der Waals surface area contributed by atoms with Crippen molar-refractivity contribution in [3.05, 3.63) is 89.5 Å². The summed E-state index contributed by atoms with van der Waals surface area (Å²) in [6, 6.07) is 13.2. The average Bonchev–Trinajstić information content (AvgIpc) is 3.35. The molecule has 8 nitrogen and oxygen atoms in total. The molecule has 0 saturated carbocycles. The van der Waals surface area contributed by atoms with Crippen LogP contribution < -0.4 is 4.90 Å². The summed E-state index contributed by atoms with van der Waals surface area (Å²) < 4.78 is 12.4. The highest BCUT2D eigenvalue weighted by Crippen LogP contribution is 2.55. The molecule has 0 aromatic heterocycles. The van der Waals surface area contributed by atoms with Crippen molar-refractivity contribution in [1.82, 2.24) is 4.90 Å². The number of hydrogen-bond acceptors (Lipinski definition) is 6. The Hall–Kier alpha value is -3.75. The molecule has 6 rings (SSSR count). The van der Waals surface area contributed by atoms with E-state index in [1.807, 2.05) is 86.7 Å². The molecule has 2 aromatic rings. The zero-order chi connectivity index (χ0) is 28.7. The smallest absolute Gasteiger partial charge is 0.312 e. The molecule has 8 heteroatoms. The number of fused-ring (bicyclic) bond motifs is 2. The predicted octanol–water partition coefficient (Wildman–Crippen LogP) is 3.80. The lowest BCUT2D eigenvalue weighted by atomic mass is 9.78. The van der Waals surface area contributed by atoms with Crippen LogP contribution in [0, 0.1) is 25.7 Å². The van der Waals surface area contributed by atoms with Crippen molar-refractivity contribution in [3.63, 3.8) is 0 Å². The molecule has 1 N–H and O–H groups in total. The van der Waals surface area contributed by atoms with Crippen LogP contribution in [0.4, 0.5) is 5.69 Å². The SMILES string of the molecule is Cc1cccc(C)c1N1CC=C[C@]23O[C@H]4/C=C\CCCCOC(=O)[C@H]4[C@H]2C(=O)N([C@H](CO)c2ccccc2)C3C1=O. The number of esters is 1. The molecule has 0 bridgehead atoms. The summed E-state index contributed by atoms with van der Waals surface area (Å²) in [6.07, 6.45) is 9.24. The number of amides is 2. The van der Waals surface area contributed by atoms with Crippen LogP contribution in [0.5, 0.6) is 0 Å². The molecule has 2 amide bonds. The number of ether oxygens (including phenoxy) is 2. The molecule has 2 saturated heterocycles. The molecule has 41 heavy (non-hydrogen) atoms. The molecular formula is C33H36N2O6. The van der Waals surface area contributed by atoms with Gasteiger partial charge in [0.25, 0.3) is 5.91 Å². The summed E-state index contributed by atoms with van der Waals surface area (Å²) in [6.45, 7) is 4.08. The molecule has 1 unspecified atom stereocenters. The zero-order valence-corrected chi connectivity index (χ0v) is 23.4. The largest absolute Gasteiger partial charge is 0.465 e. The van der Waals surface area contributed by atoms with Gasteiger partial charge in [0.15, 0.2) is 0 Å². The second-order valence-electron chi connectivity index (χ2n) is 11.4. The highest BCUT2D eigenvalue weighted by atomic mass is 16.6. The van der Waals surface area contributed by atoms with Gasteiger partial charge in [0, 0.05) is 12.2 Å². The Kier molecular flexibility index (Phi) is 7.30. The molecule has 1 spiro atoms. The number of hydrogen-bond donors (Lipinski definition) is 1. The van der Waals surface area contributed by atoms with E-state index in [0.29, 0.717) is 5.56 Å². The third-order valence-electron chi connectivity index (χ3n) is 8.94. The number of aliphatic hydroxyl groups is 1. The van der Waals surface area contributed by atoms with Gasteiger partial charge in [0.2, 0.25) is 5.91 Å². The van der Waals surface area contributed by atoms with Gasteiger partial charge < -0.3 is 24.4 Å². The summed E-state index contributed by atoms with van der Waals surface area (Å²) in [5.41, 5.74) is 1.94. The molecule has 4 aliphatic rings. The third kappa shape index (κ3) is 4.41. The monoisotopic (exact) mass is 556 g/mol. The van der Waals surface area contributed by atoms with Crippen LogP contribution in [0.1, 0.15) is 42.0 Å². The molecular weight excluding hydrogens is 520 g/mol. The van der Waals surface area contributed by atoms with E-state index < -0.39 is 54.1 Å². The Labute approximate surface area is 240 Å². The van der Waals surface area contributed by atoms with Crippen molar-refractivity contribution in [1.29, 1.82) is 0 Å². The Bertz CT molecular complexity index is 1380. The van der Waals surface area contributed by atoms with E-state index in [1.165, 1.54) is 4.90 Å².